The number of rotatable bonds is 4. The van der Waals surface area contributed by atoms with Gasteiger partial charge in [-0.05, 0) is 29.8 Å². The molecule has 0 atom stereocenters. The van der Waals surface area contributed by atoms with Gasteiger partial charge in [0.25, 0.3) is 0 Å². The van der Waals surface area contributed by atoms with Crippen molar-refractivity contribution in [1.29, 1.82) is 0 Å². The number of nitrogens with one attached hydrogen (secondary N) is 1. The lowest BCUT2D eigenvalue weighted by molar-refractivity contribution is 0.416. The molecule has 0 aliphatic carbocycles. The van der Waals surface area contributed by atoms with Crippen LogP contribution < -0.4 is 15.8 Å². The number of benzene rings is 2. The van der Waals surface area contributed by atoms with Crippen LogP contribution in [0.4, 0.5) is 11.4 Å². The molecule has 2 rings (SSSR count). The molecule has 0 bridgehead atoms. The van der Waals surface area contributed by atoms with Gasteiger partial charge in [-0.2, -0.15) is 0 Å². The maximum atomic E-state index is 5.73. The van der Waals surface area contributed by atoms with Gasteiger partial charge in [-0.25, -0.2) is 0 Å². The summed E-state index contributed by atoms with van der Waals surface area (Å²) in [6.45, 7) is 0.728. The highest BCUT2D eigenvalue weighted by atomic mass is 16.5. The summed E-state index contributed by atoms with van der Waals surface area (Å²) in [6, 6.07) is 15.7. The zero-order valence-corrected chi connectivity index (χ0v) is 9.81. The minimum Gasteiger partial charge on any atom is -0.495 e. The first-order valence-electron chi connectivity index (χ1n) is 5.51. The quantitative estimate of drug-likeness (QED) is 0.791. The molecule has 17 heavy (non-hydrogen) atoms. The van der Waals surface area contributed by atoms with E-state index in [4.69, 9.17) is 10.5 Å². The van der Waals surface area contributed by atoms with Gasteiger partial charge in [0.1, 0.15) is 5.75 Å². The highest BCUT2D eigenvalue weighted by Crippen LogP contribution is 2.23. The van der Waals surface area contributed by atoms with E-state index >= 15 is 0 Å². The number of nitrogen functional groups attached to an aromatic ring is 1. The third kappa shape index (κ3) is 2.91. The molecule has 0 spiro atoms. The van der Waals surface area contributed by atoms with E-state index in [0.717, 1.165) is 29.2 Å². The molecule has 0 radical (unpaired) electrons. The molecule has 0 aliphatic rings. The van der Waals surface area contributed by atoms with E-state index in [2.05, 4.69) is 5.32 Å². The number of anilines is 2. The van der Waals surface area contributed by atoms with E-state index in [0.29, 0.717) is 0 Å². The molecule has 3 nitrogen and oxygen atoms in total. The molecule has 0 unspecified atom stereocenters. The lowest BCUT2D eigenvalue weighted by Gasteiger charge is -2.11. The van der Waals surface area contributed by atoms with Crippen LogP contribution in [-0.4, -0.2) is 7.11 Å². The SMILES string of the molecule is COc1ccccc1NCc1cccc(N)c1. The van der Waals surface area contributed by atoms with Gasteiger partial charge in [0.05, 0.1) is 12.8 Å². The van der Waals surface area contributed by atoms with Crippen molar-refractivity contribution >= 4 is 11.4 Å². The topological polar surface area (TPSA) is 47.3 Å². The first-order valence-corrected chi connectivity index (χ1v) is 5.51. The average molecular weight is 228 g/mol. The summed E-state index contributed by atoms with van der Waals surface area (Å²) in [5.74, 6) is 0.844. The van der Waals surface area contributed by atoms with Gasteiger partial charge in [0.15, 0.2) is 0 Å². The Balaban J connectivity index is 2.07. The first-order chi connectivity index (χ1) is 8.29. The summed E-state index contributed by atoms with van der Waals surface area (Å²) < 4.78 is 5.27. The van der Waals surface area contributed by atoms with E-state index in [1.165, 1.54) is 0 Å². The van der Waals surface area contributed by atoms with Crippen molar-refractivity contribution in [2.24, 2.45) is 0 Å². The van der Waals surface area contributed by atoms with Crippen molar-refractivity contribution in [2.75, 3.05) is 18.2 Å². The van der Waals surface area contributed by atoms with E-state index in [9.17, 15) is 0 Å². The number of nitrogens with two attached hydrogens (primary N) is 1. The van der Waals surface area contributed by atoms with Gasteiger partial charge < -0.3 is 15.8 Å². The molecule has 0 amide bonds. The molecule has 0 saturated carbocycles. The summed E-state index contributed by atoms with van der Waals surface area (Å²) >= 11 is 0. The van der Waals surface area contributed by atoms with Gasteiger partial charge in [-0.15, -0.1) is 0 Å². The molecule has 0 saturated heterocycles. The highest BCUT2D eigenvalue weighted by Gasteiger charge is 2.00. The van der Waals surface area contributed by atoms with Crippen LogP contribution >= 0.6 is 0 Å². The normalized spacial score (nSPS) is 9.94. The predicted molar refractivity (Wildman–Crippen MR) is 71.2 cm³/mol. The highest BCUT2D eigenvalue weighted by molar-refractivity contribution is 5.56. The number of ether oxygens (including phenoxy) is 1. The summed E-state index contributed by atoms with van der Waals surface area (Å²) in [5.41, 5.74) is 8.65. The van der Waals surface area contributed by atoms with Crippen LogP contribution in [-0.2, 0) is 6.54 Å². The molecule has 0 heterocycles. The monoisotopic (exact) mass is 228 g/mol. The predicted octanol–water partition coefficient (Wildman–Crippen LogP) is 2.89. The average Bonchev–Trinajstić information content (AvgIpc) is 2.37. The Bertz CT molecular complexity index is 497. The summed E-state index contributed by atoms with van der Waals surface area (Å²) in [6.07, 6.45) is 0. The zero-order chi connectivity index (χ0) is 12.1. The Morgan fingerprint density at radius 2 is 1.94 bits per heavy atom. The van der Waals surface area contributed by atoms with Crippen molar-refractivity contribution in [2.45, 2.75) is 6.54 Å². The van der Waals surface area contributed by atoms with Crippen LogP contribution in [0.5, 0.6) is 5.75 Å². The zero-order valence-electron chi connectivity index (χ0n) is 9.81. The minimum absolute atomic E-state index is 0.728. The Morgan fingerprint density at radius 1 is 1.12 bits per heavy atom. The Morgan fingerprint density at radius 3 is 2.71 bits per heavy atom. The maximum absolute atomic E-state index is 5.73. The largest absolute Gasteiger partial charge is 0.495 e. The van der Waals surface area contributed by atoms with E-state index in [1.807, 2.05) is 48.5 Å². The number of hydrogen-bond donors (Lipinski definition) is 2. The van der Waals surface area contributed by atoms with Gasteiger partial charge in [-0.1, -0.05) is 24.3 Å². The fourth-order valence-electron chi connectivity index (χ4n) is 1.69. The van der Waals surface area contributed by atoms with Crippen LogP contribution in [0, 0.1) is 0 Å². The molecule has 2 aromatic carbocycles. The molecular formula is C14H16N2O. The van der Waals surface area contributed by atoms with Crippen LogP contribution in [0.25, 0.3) is 0 Å². The van der Waals surface area contributed by atoms with E-state index in [1.54, 1.807) is 7.11 Å². The number of para-hydroxylation sites is 2. The van der Waals surface area contributed by atoms with Crippen LogP contribution in [0.3, 0.4) is 0 Å². The van der Waals surface area contributed by atoms with Crippen LogP contribution in [0.2, 0.25) is 0 Å². The van der Waals surface area contributed by atoms with Gasteiger partial charge in [0.2, 0.25) is 0 Å². The molecule has 3 heteroatoms. The van der Waals surface area contributed by atoms with Gasteiger partial charge in [0, 0.05) is 12.2 Å². The number of methoxy groups -OCH3 is 1. The summed E-state index contributed by atoms with van der Waals surface area (Å²) in [4.78, 5) is 0. The molecule has 3 N–H and O–H groups in total. The summed E-state index contributed by atoms with van der Waals surface area (Å²) in [5, 5.41) is 3.33. The minimum atomic E-state index is 0.728. The van der Waals surface area contributed by atoms with Crippen molar-refractivity contribution in [1.82, 2.24) is 0 Å². The standard InChI is InChI=1S/C14H16N2O/c1-17-14-8-3-2-7-13(14)16-10-11-5-4-6-12(15)9-11/h2-9,16H,10,15H2,1H3. The van der Waals surface area contributed by atoms with Crippen molar-refractivity contribution in [3.05, 3.63) is 54.1 Å². The van der Waals surface area contributed by atoms with Crippen molar-refractivity contribution < 1.29 is 4.74 Å². The maximum Gasteiger partial charge on any atom is 0.141 e. The number of hydrogen-bond acceptors (Lipinski definition) is 3. The van der Waals surface area contributed by atoms with Crippen LogP contribution in [0.1, 0.15) is 5.56 Å². The third-order valence-corrected chi connectivity index (χ3v) is 2.54. The van der Waals surface area contributed by atoms with Crippen molar-refractivity contribution in [3.63, 3.8) is 0 Å². The molecule has 88 valence electrons. The van der Waals surface area contributed by atoms with E-state index in [-0.39, 0.29) is 0 Å². The van der Waals surface area contributed by atoms with Gasteiger partial charge in [-0.3, -0.25) is 0 Å². The van der Waals surface area contributed by atoms with Crippen molar-refractivity contribution in [3.8, 4) is 5.75 Å². The summed E-state index contributed by atoms with van der Waals surface area (Å²) in [7, 11) is 1.67. The Labute approximate surface area is 101 Å². The lowest BCUT2D eigenvalue weighted by Crippen LogP contribution is -2.01. The molecule has 0 aliphatic heterocycles. The smallest absolute Gasteiger partial charge is 0.141 e. The second-order valence-corrected chi connectivity index (χ2v) is 3.80. The Kier molecular flexibility index (Phi) is 3.50. The lowest BCUT2D eigenvalue weighted by atomic mass is 10.2. The second-order valence-electron chi connectivity index (χ2n) is 3.80. The van der Waals surface area contributed by atoms with Gasteiger partial charge >= 0.3 is 0 Å². The fourth-order valence-corrected chi connectivity index (χ4v) is 1.69. The van der Waals surface area contributed by atoms with Crippen LogP contribution in [0.15, 0.2) is 48.5 Å². The molecule has 0 fully saturated rings. The molecule has 2 aromatic rings. The Hall–Kier alpha value is -2.16. The second kappa shape index (κ2) is 5.25. The third-order valence-electron chi connectivity index (χ3n) is 2.54. The first kappa shape index (κ1) is 11.3. The fraction of sp³-hybridized carbons (Fsp3) is 0.143. The van der Waals surface area contributed by atoms with E-state index < -0.39 is 0 Å². The molecular weight excluding hydrogens is 212 g/mol. The molecule has 0 aromatic heterocycles.